The van der Waals surface area contributed by atoms with Gasteiger partial charge in [-0.15, -0.1) is 0 Å². The van der Waals surface area contributed by atoms with Gasteiger partial charge in [-0.05, 0) is 166 Å². The molecule has 13 aromatic rings. The zero-order valence-corrected chi connectivity index (χ0v) is 40.5. The molecule has 3 heteroatoms. The molecule has 0 saturated carbocycles. The van der Waals surface area contributed by atoms with Gasteiger partial charge in [-0.3, -0.25) is 15.0 Å². The van der Waals surface area contributed by atoms with Crippen molar-refractivity contribution in [2.45, 2.75) is 0 Å². The Bertz CT molecular complexity index is 4000. The van der Waals surface area contributed by atoms with Crippen LogP contribution in [0.4, 0.5) is 0 Å². The van der Waals surface area contributed by atoms with Crippen LogP contribution in [-0.4, -0.2) is 15.0 Å². The van der Waals surface area contributed by atoms with Crippen molar-refractivity contribution in [1.82, 2.24) is 15.0 Å². The van der Waals surface area contributed by atoms with Gasteiger partial charge in [0.25, 0.3) is 0 Å². The molecule has 0 aliphatic heterocycles. The maximum Gasteiger partial charge on any atom is 0.0702 e. The van der Waals surface area contributed by atoms with Crippen LogP contribution in [0.3, 0.4) is 0 Å². The maximum atomic E-state index is 4.80. The van der Waals surface area contributed by atoms with Crippen molar-refractivity contribution in [3.05, 3.63) is 286 Å². The average Bonchev–Trinajstić information content (AvgIpc) is 3.49. The Labute approximate surface area is 431 Å². The Hall–Kier alpha value is -9.83. The average molecular weight is 942 g/mol. The minimum absolute atomic E-state index is 0.938. The molecule has 10 aromatic carbocycles. The standard InChI is InChI=1S/C71H47N3/c1-2-16-59-48(15-1)30-35-53-43-54(36-38-65(53)59)68-47-55(71-25-11-14-42-74-71)37-39-67(68)66-22-8-7-21-64(66)58-45-56(62-19-5-3-17-60(62)49-26-31-51(32-27-49)69-23-9-12-40-72-69)44-57(46-58)63-20-6-4-18-61(63)50-28-33-52(34-29-50)70-24-10-13-41-73-70/h1-47H. The first-order valence-corrected chi connectivity index (χ1v) is 25.1. The molecule has 0 bridgehead atoms. The number of hydrogen-bond acceptors (Lipinski definition) is 3. The largest absolute Gasteiger partial charge is 0.256 e. The monoisotopic (exact) mass is 941 g/mol. The summed E-state index contributed by atoms with van der Waals surface area (Å²) in [5.74, 6) is 0. The Morgan fingerprint density at radius 2 is 0.541 bits per heavy atom. The van der Waals surface area contributed by atoms with Gasteiger partial charge in [0.2, 0.25) is 0 Å². The topological polar surface area (TPSA) is 38.7 Å². The summed E-state index contributed by atoms with van der Waals surface area (Å²) >= 11 is 0. The molecule has 346 valence electrons. The summed E-state index contributed by atoms with van der Waals surface area (Å²) in [7, 11) is 0. The van der Waals surface area contributed by atoms with E-state index in [4.69, 9.17) is 4.98 Å². The number of benzene rings is 10. The second kappa shape index (κ2) is 19.4. The minimum Gasteiger partial charge on any atom is -0.256 e. The van der Waals surface area contributed by atoms with E-state index < -0.39 is 0 Å². The first kappa shape index (κ1) is 44.1. The lowest BCUT2D eigenvalue weighted by Crippen LogP contribution is -1.94. The van der Waals surface area contributed by atoms with Crippen molar-refractivity contribution >= 4 is 21.5 Å². The van der Waals surface area contributed by atoms with E-state index in [1.54, 1.807) is 0 Å². The molecule has 0 aliphatic rings. The van der Waals surface area contributed by atoms with E-state index >= 15 is 0 Å². The molecule has 0 spiro atoms. The van der Waals surface area contributed by atoms with Gasteiger partial charge in [0.05, 0.1) is 17.1 Å². The Balaban J connectivity index is 0.999. The van der Waals surface area contributed by atoms with Crippen LogP contribution in [-0.2, 0) is 0 Å². The minimum atomic E-state index is 0.938. The van der Waals surface area contributed by atoms with Gasteiger partial charge in [-0.25, -0.2) is 0 Å². The van der Waals surface area contributed by atoms with Gasteiger partial charge >= 0.3 is 0 Å². The van der Waals surface area contributed by atoms with Gasteiger partial charge in [-0.2, -0.15) is 0 Å². The van der Waals surface area contributed by atoms with E-state index in [1.807, 2.05) is 48.9 Å². The number of fused-ring (bicyclic) bond motifs is 3. The number of aromatic nitrogens is 3. The normalized spacial score (nSPS) is 11.2. The fourth-order valence-electron chi connectivity index (χ4n) is 10.6. The fraction of sp³-hybridized carbons (Fsp3) is 0. The summed E-state index contributed by atoms with van der Waals surface area (Å²) in [5.41, 5.74) is 22.1. The van der Waals surface area contributed by atoms with Crippen LogP contribution in [0.5, 0.6) is 0 Å². The summed E-state index contributed by atoms with van der Waals surface area (Å²) in [4.78, 5) is 14.1. The summed E-state index contributed by atoms with van der Waals surface area (Å²) < 4.78 is 0. The van der Waals surface area contributed by atoms with E-state index in [-0.39, 0.29) is 0 Å². The molecule has 3 aromatic heterocycles. The van der Waals surface area contributed by atoms with E-state index in [0.717, 1.165) is 112 Å². The van der Waals surface area contributed by atoms with Gasteiger partial charge in [0.15, 0.2) is 0 Å². The first-order valence-electron chi connectivity index (χ1n) is 25.1. The highest BCUT2D eigenvalue weighted by atomic mass is 14.7. The quantitative estimate of drug-likeness (QED) is 0.128. The van der Waals surface area contributed by atoms with Gasteiger partial charge in [0.1, 0.15) is 0 Å². The summed E-state index contributed by atoms with van der Waals surface area (Å²) in [6.07, 6.45) is 5.56. The van der Waals surface area contributed by atoms with E-state index in [0.29, 0.717) is 0 Å². The number of rotatable bonds is 10. The lowest BCUT2D eigenvalue weighted by atomic mass is 9.84. The zero-order valence-electron chi connectivity index (χ0n) is 40.5. The van der Waals surface area contributed by atoms with Crippen LogP contribution in [0.25, 0.3) is 133 Å². The molecular weight excluding hydrogens is 895 g/mol. The lowest BCUT2D eigenvalue weighted by Gasteiger charge is -2.19. The predicted octanol–water partition coefficient (Wildman–Crippen LogP) is 18.8. The second-order valence-electron chi connectivity index (χ2n) is 18.7. The van der Waals surface area contributed by atoms with Crippen LogP contribution >= 0.6 is 0 Å². The number of hydrogen-bond donors (Lipinski definition) is 0. The van der Waals surface area contributed by atoms with E-state index in [2.05, 4.69) is 247 Å². The molecule has 0 atom stereocenters. The second-order valence-corrected chi connectivity index (χ2v) is 18.7. The zero-order chi connectivity index (χ0) is 49.2. The molecule has 3 heterocycles. The summed E-state index contributed by atoms with van der Waals surface area (Å²) in [6.45, 7) is 0. The van der Waals surface area contributed by atoms with Gasteiger partial charge in [-0.1, -0.05) is 200 Å². The molecule has 0 amide bonds. The van der Waals surface area contributed by atoms with Crippen molar-refractivity contribution < 1.29 is 0 Å². The number of nitrogens with zero attached hydrogens (tertiary/aromatic N) is 3. The highest BCUT2D eigenvalue weighted by molar-refractivity contribution is 6.09. The van der Waals surface area contributed by atoms with Crippen LogP contribution < -0.4 is 0 Å². The predicted molar refractivity (Wildman–Crippen MR) is 309 cm³/mol. The molecule has 0 saturated heterocycles. The Kier molecular flexibility index (Phi) is 11.6. The fourth-order valence-corrected chi connectivity index (χ4v) is 10.6. The van der Waals surface area contributed by atoms with Crippen molar-refractivity contribution in [3.8, 4) is 112 Å². The van der Waals surface area contributed by atoms with Crippen LogP contribution in [0, 0.1) is 0 Å². The van der Waals surface area contributed by atoms with Crippen molar-refractivity contribution in [1.29, 1.82) is 0 Å². The van der Waals surface area contributed by atoms with Crippen molar-refractivity contribution in [3.63, 3.8) is 0 Å². The Morgan fingerprint density at radius 1 is 0.176 bits per heavy atom. The smallest absolute Gasteiger partial charge is 0.0702 e. The molecule has 3 nitrogen and oxygen atoms in total. The van der Waals surface area contributed by atoms with Gasteiger partial charge in [0, 0.05) is 35.3 Å². The highest BCUT2D eigenvalue weighted by Gasteiger charge is 2.19. The number of pyridine rings is 3. The van der Waals surface area contributed by atoms with Gasteiger partial charge < -0.3 is 0 Å². The first-order chi connectivity index (χ1) is 36.7. The SMILES string of the molecule is c1ccc(-c2ccc(-c3ccccc3-c3cc(-c4ccccc4-c4ccc(-c5ccccn5)cc4)cc(-c4ccccc4-c4ccc(-c5ccccn5)cc4-c4ccc5c(ccc6ccccc65)c4)c3)cc2)nc1. The molecule has 74 heavy (non-hydrogen) atoms. The van der Waals surface area contributed by atoms with Crippen molar-refractivity contribution in [2.24, 2.45) is 0 Å². The molecule has 0 radical (unpaired) electrons. The molecule has 13 rings (SSSR count). The summed E-state index contributed by atoms with van der Waals surface area (Å²) in [6, 6.07) is 96.3. The van der Waals surface area contributed by atoms with E-state index in [1.165, 1.54) is 21.5 Å². The van der Waals surface area contributed by atoms with Crippen LogP contribution in [0.2, 0.25) is 0 Å². The highest BCUT2D eigenvalue weighted by Crippen LogP contribution is 2.45. The lowest BCUT2D eigenvalue weighted by molar-refractivity contribution is 1.33. The molecule has 0 fully saturated rings. The third-order valence-electron chi connectivity index (χ3n) is 14.3. The maximum absolute atomic E-state index is 4.80. The molecular formula is C71H47N3. The van der Waals surface area contributed by atoms with Crippen LogP contribution in [0.15, 0.2) is 286 Å². The molecule has 0 unspecified atom stereocenters. The van der Waals surface area contributed by atoms with Crippen LogP contribution in [0.1, 0.15) is 0 Å². The third kappa shape index (κ3) is 8.53. The molecule has 0 N–H and O–H groups in total. The molecule has 0 aliphatic carbocycles. The van der Waals surface area contributed by atoms with E-state index in [9.17, 15) is 0 Å². The Morgan fingerprint density at radius 3 is 1.05 bits per heavy atom. The third-order valence-corrected chi connectivity index (χ3v) is 14.3. The summed E-state index contributed by atoms with van der Waals surface area (Å²) in [5, 5.41) is 4.94. The van der Waals surface area contributed by atoms with Crippen molar-refractivity contribution in [2.75, 3.05) is 0 Å².